The molecule has 2 N–H and O–H groups in total. The average Bonchev–Trinajstić information content (AvgIpc) is 2.59. The predicted molar refractivity (Wildman–Crippen MR) is 98.1 cm³/mol. The van der Waals surface area contributed by atoms with Gasteiger partial charge >= 0.3 is 0 Å². The van der Waals surface area contributed by atoms with Gasteiger partial charge in [-0.05, 0) is 42.5 Å². The third-order valence-corrected chi connectivity index (χ3v) is 3.96. The molecule has 0 unspecified atom stereocenters. The van der Waals surface area contributed by atoms with Crippen LogP contribution >= 0.6 is 23.2 Å². The van der Waals surface area contributed by atoms with Crippen molar-refractivity contribution in [2.45, 2.75) is 0 Å². The quantitative estimate of drug-likeness (QED) is 0.648. The largest absolute Gasteiger partial charge is 0.497 e. The zero-order chi connectivity index (χ0) is 16.9. The number of methoxy groups -OCH3 is 1. The number of rotatable bonds is 5. The van der Waals surface area contributed by atoms with Crippen molar-refractivity contribution in [1.82, 2.24) is 9.97 Å². The van der Waals surface area contributed by atoms with Gasteiger partial charge in [0.25, 0.3) is 0 Å². The minimum absolute atomic E-state index is 0.479. The highest BCUT2D eigenvalue weighted by molar-refractivity contribution is 6.42. The van der Waals surface area contributed by atoms with Gasteiger partial charge in [0.2, 0.25) is 0 Å². The summed E-state index contributed by atoms with van der Waals surface area (Å²) in [5.41, 5.74) is 1.69. The summed E-state index contributed by atoms with van der Waals surface area (Å²) in [6.45, 7) is 0. The maximum absolute atomic E-state index is 6.02. The minimum atomic E-state index is 0.479. The maximum Gasteiger partial charge on any atom is 0.135 e. The topological polar surface area (TPSA) is 59.1 Å². The van der Waals surface area contributed by atoms with Crippen LogP contribution in [-0.4, -0.2) is 17.1 Å². The van der Waals surface area contributed by atoms with E-state index in [1.165, 1.54) is 6.33 Å². The van der Waals surface area contributed by atoms with E-state index in [1.807, 2.05) is 30.3 Å². The van der Waals surface area contributed by atoms with E-state index in [2.05, 4.69) is 20.6 Å². The summed E-state index contributed by atoms with van der Waals surface area (Å²) in [6.07, 6.45) is 1.48. The molecule has 122 valence electrons. The lowest BCUT2D eigenvalue weighted by Gasteiger charge is -2.09. The second-order valence-corrected chi connectivity index (χ2v) is 5.71. The number of aromatic nitrogens is 2. The second-order valence-electron chi connectivity index (χ2n) is 4.90. The molecule has 0 amide bonds. The third kappa shape index (κ3) is 4.07. The SMILES string of the molecule is COc1ccc(Nc2cc(Nc3ccc(Cl)c(Cl)c3)ncn2)cc1. The zero-order valence-electron chi connectivity index (χ0n) is 12.8. The summed E-state index contributed by atoms with van der Waals surface area (Å²) in [6, 6.07) is 14.7. The molecule has 1 aromatic heterocycles. The number of halogens is 2. The number of hydrogen-bond donors (Lipinski definition) is 2. The fourth-order valence-corrected chi connectivity index (χ4v) is 2.34. The Kier molecular flexibility index (Phi) is 5.03. The molecule has 24 heavy (non-hydrogen) atoms. The van der Waals surface area contributed by atoms with E-state index in [9.17, 15) is 0 Å². The fourth-order valence-electron chi connectivity index (χ4n) is 2.04. The first-order chi connectivity index (χ1) is 11.6. The Balaban J connectivity index is 1.74. The van der Waals surface area contributed by atoms with Crippen molar-refractivity contribution in [1.29, 1.82) is 0 Å². The Labute approximate surface area is 149 Å². The molecule has 3 rings (SSSR count). The zero-order valence-corrected chi connectivity index (χ0v) is 14.3. The second kappa shape index (κ2) is 7.38. The highest BCUT2D eigenvalue weighted by Gasteiger charge is 2.03. The van der Waals surface area contributed by atoms with Crippen molar-refractivity contribution in [3.05, 3.63) is 64.9 Å². The molecule has 0 radical (unpaired) electrons. The van der Waals surface area contributed by atoms with E-state index in [1.54, 1.807) is 25.3 Å². The first-order valence-electron chi connectivity index (χ1n) is 7.09. The predicted octanol–water partition coefficient (Wildman–Crippen LogP) is 5.28. The van der Waals surface area contributed by atoms with E-state index in [0.29, 0.717) is 21.7 Å². The van der Waals surface area contributed by atoms with Crippen LogP contribution in [0.3, 0.4) is 0 Å². The molecule has 0 atom stereocenters. The summed E-state index contributed by atoms with van der Waals surface area (Å²) >= 11 is 11.9. The highest BCUT2D eigenvalue weighted by atomic mass is 35.5. The van der Waals surface area contributed by atoms with Gasteiger partial charge in [0.05, 0.1) is 17.2 Å². The van der Waals surface area contributed by atoms with Crippen LogP contribution in [0.5, 0.6) is 5.75 Å². The molecule has 1 heterocycles. The van der Waals surface area contributed by atoms with Gasteiger partial charge in [-0.25, -0.2) is 9.97 Å². The van der Waals surface area contributed by atoms with Gasteiger partial charge < -0.3 is 15.4 Å². The molecule has 0 aliphatic carbocycles. The number of nitrogens with zero attached hydrogens (tertiary/aromatic N) is 2. The van der Waals surface area contributed by atoms with Crippen molar-refractivity contribution in [3.8, 4) is 5.75 Å². The first-order valence-corrected chi connectivity index (χ1v) is 7.85. The van der Waals surface area contributed by atoms with E-state index in [4.69, 9.17) is 27.9 Å². The molecule has 2 aromatic carbocycles. The highest BCUT2D eigenvalue weighted by Crippen LogP contribution is 2.27. The van der Waals surface area contributed by atoms with Gasteiger partial charge in [-0.1, -0.05) is 23.2 Å². The number of ether oxygens (including phenoxy) is 1. The molecule has 0 aliphatic rings. The molecular formula is C17H14Cl2N4O. The van der Waals surface area contributed by atoms with Crippen molar-refractivity contribution in [2.75, 3.05) is 17.7 Å². The first kappa shape index (κ1) is 16.4. The van der Waals surface area contributed by atoms with Crippen LogP contribution in [0.4, 0.5) is 23.0 Å². The lowest BCUT2D eigenvalue weighted by Crippen LogP contribution is -1.98. The lowest BCUT2D eigenvalue weighted by atomic mass is 10.3. The van der Waals surface area contributed by atoms with Gasteiger partial charge in [-0.15, -0.1) is 0 Å². The number of nitrogens with one attached hydrogen (secondary N) is 2. The van der Waals surface area contributed by atoms with Gasteiger partial charge in [0.1, 0.15) is 23.7 Å². The molecule has 3 aromatic rings. The molecule has 7 heteroatoms. The van der Waals surface area contributed by atoms with Crippen LogP contribution in [0.2, 0.25) is 10.0 Å². The third-order valence-electron chi connectivity index (χ3n) is 3.22. The van der Waals surface area contributed by atoms with Crippen LogP contribution in [0.15, 0.2) is 54.9 Å². The summed E-state index contributed by atoms with van der Waals surface area (Å²) < 4.78 is 5.14. The summed E-state index contributed by atoms with van der Waals surface area (Å²) in [7, 11) is 1.63. The summed E-state index contributed by atoms with van der Waals surface area (Å²) in [5, 5.41) is 7.36. The lowest BCUT2D eigenvalue weighted by molar-refractivity contribution is 0.415. The monoisotopic (exact) mass is 360 g/mol. The molecule has 5 nitrogen and oxygen atoms in total. The van der Waals surface area contributed by atoms with Gasteiger partial charge in [0.15, 0.2) is 0 Å². The van der Waals surface area contributed by atoms with Crippen LogP contribution < -0.4 is 15.4 Å². The van der Waals surface area contributed by atoms with E-state index < -0.39 is 0 Å². The Morgan fingerprint density at radius 2 is 1.42 bits per heavy atom. The van der Waals surface area contributed by atoms with Crippen LogP contribution in [-0.2, 0) is 0 Å². The van der Waals surface area contributed by atoms with Crippen molar-refractivity contribution in [2.24, 2.45) is 0 Å². The Morgan fingerprint density at radius 3 is 2.04 bits per heavy atom. The summed E-state index contributed by atoms with van der Waals surface area (Å²) in [5.74, 6) is 2.10. The maximum atomic E-state index is 6.02. The van der Waals surface area contributed by atoms with Gasteiger partial charge in [-0.2, -0.15) is 0 Å². The average molecular weight is 361 g/mol. The molecule has 0 bridgehead atoms. The van der Waals surface area contributed by atoms with E-state index in [-0.39, 0.29) is 0 Å². The van der Waals surface area contributed by atoms with Crippen molar-refractivity contribution < 1.29 is 4.74 Å². The number of hydrogen-bond acceptors (Lipinski definition) is 5. The Hall–Kier alpha value is -2.50. The van der Waals surface area contributed by atoms with E-state index in [0.717, 1.165) is 17.1 Å². The van der Waals surface area contributed by atoms with Crippen molar-refractivity contribution >= 4 is 46.2 Å². The number of benzene rings is 2. The molecule has 0 spiro atoms. The molecule has 0 aliphatic heterocycles. The smallest absolute Gasteiger partial charge is 0.135 e. The van der Waals surface area contributed by atoms with Gasteiger partial charge in [0, 0.05) is 17.4 Å². The molecule has 0 saturated heterocycles. The van der Waals surface area contributed by atoms with Gasteiger partial charge in [-0.3, -0.25) is 0 Å². The Bertz CT molecular complexity index is 840. The molecule has 0 saturated carbocycles. The Morgan fingerprint density at radius 1 is 0.792 bits per heavy atom. The van der Waals surface area contributed by atoms with Crippen LogP contribution in [0.25, 0.3) is 0 Å². The normalized spacial score (nSPS) is 10.3. The molecular weight excluding hydrogens is 347 g/mol. The number of anilines is 4. The minimum Gasteiger partial charge on any atom is -0.497 e. The van der Waals surface area contributed by atoms with Crippen molar-refractivity contribution in [3.63, 3.8) is 0 Å². The van der Waals surface area contributed by atoms with Crippen LogP contribution in [0, 0.1) is 0 Å². The molecule has 0 fully saturated rings. The van der Waals surface area contributed by atoms with E-state index >= 15 is 0 Å². The van der Waals surface area contributed by atoms with Crippen LogP contribution in [0.1, 0.15) is 0 Å². The fraction of sp³-hybridized carbons (Fsp3) is 0.0588. The summed E-state index contributed by atoms with van der Waals surface area (Å²) in [4.78, 5) is 8.41. The standard InChI is InChI=1S/C17H14Cl2N4O/c1-24-13-5-2-11(3-6-13)22-16-9-17(21-10-20-16)23-12-4-7-14(18)15(19)8-12/h2-10H,1H3,(H2,20,21,22,23).